The van der Waals surface area contributed by atoms with Crippen molar-refractivity contribution in [2.45, 2.75) is 26.3 Å². The largest absolute Gasteiger partial charge is 0.397 e. The van der Waals surface area contributed by atoms with Crippen molar-refractivity contribution in [3.8, 4) is 0 Å². The monoisotopic (exact) mass is 259 g/mol. The van der Waals surface area contributed by atoms with Crippen LogP contribution in [0.1, 0.15) is 20.3 Å². The molecule has 1 atom stereocenters. The number of aliphatic hydroxyl groups excluding tert-OH is 1. The predicted molar refractivity (Wildman–Crippen MR) is 80.1 cm³/mol. The van der Waals surface area contributed by atoms with Gasteiger partial charge in [-0.3, -0.25) is 4.98 Å². The molecule has 2 aromatic rings. The van der Waals surface area contributed by atoms with Gasteiger partial charge in [0.25, 0.3) is 0 Å². The van der Waals surface area contributed by atoms with E-state index in [2.05, 4.69) is 24.1 Å². The van der Waals surface area contributed by atoms with Crippen LogP contribution in [-0.2, 0) is 0 Å². The van der Waals surface area contributed by atoms with E-state index in [0.29, 0.717) is 11.6 Å². The molecule has 1 unspecified atom stereocenters. The summed E-state index contributed by atoms with van der Waals surface area (Å²) in [4.78, 5) is 4.27. The van der Waals surface area contributed by atoms with Crippen LogP contribution in [-0.4, -0.2) is 22.7 Å². The smallest absolute Gasteiger partial charge is 0.0724 e. The second kappa shape index (κ2) is 5.89. The van der Waals surface area contributed by atoms with Gasteiger partial charge in [-0.25, -0.2) is 0 Å². The van der Waals surface area contributed by atoms with Gasteiger partial charge in [-0.2, -0.15) is 0 Å². The van der Waals surface area contributed by atoms with Crippen molar-refractivity contribution in [1.29, 1.82) is 0 Å². The molecule has 0 radical (unpaired) electrons. The number of benzene rings is 1. The zero-order chi connectivity index (χ0) is 13.8. The highest BCUT2D eigenvalue weighted by Gasteiger charge is 2.12. The Labute approximate surface area is 113 Å². The first-order valence-electron chi connectivity index (χ1n) is 6.62. The Morgan fingerprint density at radius 2 is 2.11 bits per heavy atom. The van der Waals surface area contributed by atoms with Crippen LogP contribution in [0.4, 0.5) is 11.4 Å². The van der Waals surface area contributed by atoms with Crippen LogP contribution in [0.3, 0.4) is 0 Å². The number of hydrogen-bond acceptors (Lipinski definition) is 4. The van der Waals surface area contributed by atoms with Crippen LogP contribution in [0, 0.1) is 5.92 Å². The average molecular weight is 259 g/mol. The minimum Gasteiger partial charge on any atom is -0.397 e. The second-order valence-corrected chi connectivity index (χ2v) is 5.25. The van der Waals surface area contributed by atoms with Gasteiger partial charge in [0.2, 0.25) is 0 Å². The summed E-state index contributed by atoms with van der Waals surface area (Å²) in [6, 6.07) is 7.72. The van der Waals surface area contributed by atoms with Gasteiger partial charge < -0.3 is 16.2 Å². The number of pyridine rings is 1. The van der Waals surface area contributed by atoms with Gasteiger partial charge in [-0.05, 0) is 36.6 Å². The molecule has 0 saturated carbocycles. The van der Waals surface area contributed by atoms with E-state index in [4.69, 9.17) is 5.73 Å². The Hall–Kier alpha value is -1.81. The van der Waals surface area contributed by atoms with E-state index in [1.807, 2.05) is 24.3 Å². The molecular formula is C15H21N3O. The van der Waals surface area contributed by atoms with Crippen molar-refractivity contribution < 1.29 is 5.11 Å². The molecule has 4 nitrogen and oxygen atoms in total. The van der Waals surface area contributed by atoms with Gasteiger partial charge in [0.1, 0.15) is 0 Å². The van der Waals surface area contributed by atoms with Crippen molar-refractivity contribution in [1.82, 2.24) is 4.98 Å². The highest BCUT2D eigenvalue weighted by molar-refractivity contribution is 5.96. The summed E-state index contributed by atoms with van der Waals surface area (Å²) in [6.07, 6.45) is 2.66. The number of anilines is 2. The predicted octanol–water partition coefficient (Wildman–Crippen LogP) is 2.64. The molecule has 1 aromatic heterocycles. The number of nitrogens with one attached hydrogen (secondary N) is 1. The molecule has 0 amide bonds. The maximum absolute atomic E-state index is 9.42. The van der Waals surface area contributed by atoms with Crippen molar-refractivity contribution >= 4 is 22.3 Å². The van der Waals surface area contributed by atoms with Gasteiger partial charge >= 0.3 is 0 Å². The Balaban J connectivity index is 2.27. The number of fused-ring (bicyclic) bond motifs is 1. The van der Waals surface area contributed by atoms with E-state index in [9.17, 15) is 5.11 Å². The number of nitrogens with two attached hydrogens (primary N) is 1. The van der Waals surface area contributed by atoms with Crippen molar-refractivity contribution in [3.63, 3.8) is 0 Å². The van der Waals surface area contributed by atoms with E-state index < -0.39 is 0 Å². The van der Waals surface area contributed by atoms with E-state index in [1.54, 1.807) is 6.20 Å². The quantitative estimate of drug-likeness (QED) is 0.722. The number of nitrogen functional groups attached to an aromatic ring is 1. The molecular weight excluding hydrogens is 238 g/mol. The van der Waals surface area contributed by atoms with Crippen molar-refractivity contribution in [2.24, 2.45) is 5.92 Å². The lowest BCUT2D eigenvalue weighted by Gasteiger charge is -2.21. The van der Waals surface area contributed by atoms with Crippen LogP contribution in [0.2, 0.25) is 0 Å². The Kier molecular flexibility index (Phi) is 4.22. The third-order valence-electron chi connectivity index (χ3n) is 3.16. The topological polar surface area (TPSA) is 71.2 Å². The highest BCUT2D eigenvalue weighted by Crippen LogP contribution is 2.28. The van der Waals surface area contributed by atoms with E-state index >= 15 is 0 Å². The molecule has 0 aliphatic carbocycles. The van der Waals surface area contributed by atoms with E-state index in [1.165, 1.54) is 0 Å². The summed E-state index contributed by atoms with van der Waals surface area (Å²) in [6.45, 7) is 4.37. The summed E-state index contributed by atoms with van der Waals surface area (Å²) in [5, 5.41) is 13.7. The number of nitrogens with zero attached hydrogens (tertiary/aromatic N) is 1. The molecule has 4 N–H and O–H groups in total. The van der Waals surface area contributed by atoms with Crippen LogP contribution in [0.15, 0.2) is 30.5 Å². The fourth-order valence-electron chi connectivity index (χ4n) is 2.27. The third kappa shape index (κ3) is 3.15. The first kappa shape index (κ1) is 13.6. The van der Waals surface area contributed by atoms with Crippen LogP contribution in [0.5, 0.6) is 0 Å². The molecule has 0 bridgehead atoms. The maximum Gasteiger partial charge on any atom is 0.0724 e. The number of rotatable bonds is 5. The number of aliphatic hydroxyl groups is 1. The van der Waals surface area contributed by atoms with Crippen LogP contribution < -0.4 is 11.1 Å². The molecule has 0 spiro atoms. The van der Waals surface area contributed by atoms with Gasteiger partial charge in [0, 0.05) is 17.6 Å². The Morgan fingerprint density at radius 1 is 1.32 bits per heavy atom. The Morgan fingerprint density at radius 3 is 2.79 bits per heavy atom. The highest BCUT2D eigenvalue weighted by atomic mass is 16.3. The molecule has 0 fully saturated rings. The fraction of sp³-hybridized carbons (Fsp3) is 0.400. The van der Waals surface area contributed by atoms with Gasteiger partial charge in [0.15, 0.2) is 0 Å². The zero-order valence-corrected chi connectivity index (χ0v) is 11.4. The van der Waals surface area contributed by atoms with Crippen molar-refractivity contribution in [2.75, 3.05) is 17.7 Å². The molecule has 4 heteroatoms. The molecule has 0 saturated heterocycles. The van der Waals surface area contributed by atoms with E-state index in [-0.39, 0.29) is 12.6 Å². The van der Waals surface area contributed by atoms with Crippen LogP contribution >= 0.6 is 0 Å². The Bertz CT molecular complexity index is 554. The normalized spacial score (nSPS) is 12.8. The minimum atomic E-state index is 0.0245. The summed E-state index contributed by atoms with van der Waals surface area (Å²) < 4.78 is 0. The minimum absolute atomic E-state index is 0.0245. The zero-order valence-electron chi connectivity index (χ0n) is 11.4. The van der Waals surface area contributed by atoms with Crippen LogP contribution in [0.25, 0.3) is 10.9 Å². The summed E-state index contributed by atoms with van der Waals surface area (Å²) in [5.74, 6) is 0.521. The molecule has 1 heterocycles. The first-order chi connectivity index (χ1) is 9.11. The first-order valence-corrected chi connectivity index (χ1v) is 6.62. The molecule has 2 rings (SSSR count). The van der Waals surface area contributed by atoms with E-state index in [0.717, 1.165) is 23.0 Å². The lowest BCUT2D eigenvalue weighted by atomic mass is 10.0. The van der Waals surface area contributed by atoms with Gasteiger partial charge in [-0.1, -0.05) is 13.8 Å². The lowest BCUT2D eigenvalue weighted by molar-refractivity contribution is 0.259. The maximum atomic E-state index is 9.42. The standard InChI is InChI=1S/C15H21N3O/c1-10(2)8-11(9-19)18-14-6-5-13-12(15(14)16)4-3-7-17-13/h3-7,10-11,18-19H,8-9,16H2,1-2H3. The molecule has 19 heavy (non-hydrogen) atoms. The SMILES string of the molecule is CC(C)CC(CO)Nc1ccc2ncccc2c1N. The molecule has 0 aliphatic heterocycles. The average Bonchev–Trinajstić information content (AvgIpc) is 2.40. The lowest BCUT2D eigenvalue weighted by Crippen LogP contribution is -2.26. The number of hydrogen-bond donors (Lipinski definition) is 3. The third-order valence-corrected chi connectivity index (χ3v) is 3.16. The summed E-state index contributed by atoms with van der Waals surface area (Å²) in [5.41, 5.74) is 8.60. The molecule has 102 valence electrons. The molecule has 0 aliphatic rings. The van der Waals surface area contributed by atoms with Gasteiger partial charge in [0.05, 0.1) is 23.5 Å². The van der Waals surface area contributed by atoms with Gasteiger partial charge in [-0.15, -0.1) is 0 Å². The summed E-state index contributed by atoms with van der Waals surface area (Å²) in [7, 11) is 0. The number of aromatic nitrogens is 1. The second-order valence-electron chi connectivity index (χ2n) is 5.25. The molecule has 1 aromatic carbocycles. The fourth-order valence-corrected chi connectivity index (χ4v) is 2.27. The summed E-state index contributed by atoms with van der Waals surface area (Å²) >= 11 is 0. The van der Waals surface area contributed by atoms with Crippen molar-refractivity contribution in [3.05, 3.63) is 30.5 Å².